The van der Waals surface area contributed by atoms with Gasteiger partial charge in [-0.1, -0.05) is 42.5 Å². The molecule has 0 fully saturated rings. The molecule has 2 aromatic carbocycles. The van der Waals surface area contributed by atoms with Crippen molar-refractivity contribution in [3.63, 3.8) is 0 Å². The van der Waals surface area contributed by atoms with Crippen LogP contribution in [-0.2, 0) is 6.61 Å². The highest BCUT2D eigenvalue weighted by molar-refractivity contribution is 5.93. The average Bonchev–Trinajstić information content (AvgIpc) is 3.23. The molecular weight excluding hydrogens is 352 g/mol. The molecule has 0 bridgehead atoms. The highest BCUT2D eigenvalue weighted by Crippen LogP contribution is 2.39. The van der Waals surface area contributed by atoms with Crippen LogP contribution in [0.2, 0.25) is 0 Å². The van der Waals surface area contributed by atoms with Crippen molar-refractivity contribution in [3.8, 4) is 5.75 Å². The first-order valence-electron chi connectivity index (χ1n) is 9.25. The second-order valence-electron chi connectivity index (χ2n) is 6.71. The van der Waals surface area contributed by atoms with E-state index in [2.05, 4.69) is 16.0 Å². The fourth-order valence-corrected chi connectivity index (χ4v) is 3.47. The Morgan fingerprint density at radius 1 is 1.00 bits per heavy atom. The van der Waals surface area contributed by atoms with Crippen molar-refractivity contribution >= 4 is 17.1 Å². The standard InChI is InChI=1S/C23H20N2O3/c26-23(27)22-14-24-13-21(25-22)20-11-5-10-19(20)17-8-4-9-18(12-17)28-15-16-6-2-1-3-7-16/h1-4,6-9,12-14H,5,10-11,15H2,(H,26,27). The van der Waals surface area contributed by atoms with Gasteiger partial charge in [0, 0.05) is 0 Å². The van der Waals surface area contributed by atoms with E-state index >= 15 is 0 Å². The van der Waals surface area contributed by atoms with Crippen molar-refractivity contribution in [1.29, 1.82) is 0 Å². The van der Waals surface area contributed by atoms with Crippen LogP contribution in [0.1, 0.15) is 46.6 Å². The van der Waals surface area contributed by atoms with Gasteiger partial charge in [0.15, 0.2) is 5.69 Å². The summed E-state index contributed by atoms with van der Waals surface area (Å²) in [6.45, 7) is 0.516. The van der Waals surface area contributed by atoms with Gasteiger partial charge in [0.05, 0.1) is 18.1 Å². The molecule has 5 heteroatoms. The summed E-state index contributed by atoms with van der Waals surface area (Å²) >= 11 is 0. The fourth-order valence-electron chi connectivity index (χ4n) is 3.47. The van der Waals surface area contributed by atoms with Gasteiger partial charge in [-0.25, -0.2) is 9.78 Å². The number of ether oxygens (including phenoxy) is 1. The predicted molar refractivity (Wildman–Crippen MR) is 107 cm³/mol. The molecule has 1 heterocycles. The minimum absolute atomic E-state index is 0.0313. The van der Waals surface area contributed by atoms with Gasteiger partial charge < -0.3 is 9.84 Å². The van der Waals surface area contributed by atoms with Crippen molar-refractivity contribution in [2.24, 2.45) is 0 Å². The van der Waals surface area contributed by atoms with E-state index < -0.39 is 5.97 Å². The van der Waals surface area contributed by atoms with E-state index in [4.69, 9.17) is 4.74 Å². The molecule has 4 rings (SSSR count). The Balaban J connectivity index is 1.61. The van der Waals surface area contributed by atoms with Crippen molar-refractivity contribution in [2.75, 3.05) is 0 Å². The van der Waals surface area contributed by atoms with Gasteiger partial charge >= 0.3 is 5.97 Å². The fraction of sp³-hybridized carbons (Fsp3) is 0.174. The largest absolute Gasteiger partial charge is 0.489 e. The molecule has 0 atom stereocenters. The number of carboxylic acid groups (broad SMARTS) is 1. The molecule has 0 amide bonds. The van der Waals surface area contributed by atoms with Gasteiger partial charge in [-0.2, -0.15) is 0 Å². The summed E-state index contributed by atoms with van der Waals surface area (Å²) < 4.78 is 5.96. The first-order valence-corrected chi connectivity index (χ1v) is 9.25. The van der Waals surface area contributed by atoms with E-state index in [1.807, 2.05) is 48.5 Å². The number of aromatic carboxylic acids is 1. The Hall–Kier alpha value is -3.47. The summed E-state index contributed by atoms with van der Waals surface area (Å²) in [4.78, 5) is 19.6. The molecule has 1 N–H and O–H groups in total. The lowest BCUT2D eigenvalue weighted by Crippen LogP contribution is -2.03. The number of allylic oxidation sites excluding steroid dienone is 2. The van der Waals surface area contributed by atoms with Crippen LogP contribution in [0, 0.1) is 0 Å². The zero-order valence-corrected chi connectivity index (χ0v) is 15.3. The third-order valence-electron chi connectivity index (χ3n) is 4.81. The molecule has 1 aromatic heterocycles. The summed E-state index contributed by atoms with van der Waals surface area (Å²) in [6, 6.07) is 18.1. The summed E-state index contributed by atoms with van der Waals surface area (Å²) in [5, 5.41) is 9.19. The van der Waals surface area contributed by atoms with Crippen molar-refractivity contribution < 1.29 is 14.6 Å². The number of aromatic nitrogens is 2. The van der Waals surface area contributed by atoms with E-state index in [1.165, 1.54) is 11.8 Å². The van der Waals surface area contributed by atoms with Crippen LogP contribution in [0.5, 0.6) is 5.75 Å². The smallest absolute Gasteiger partial charge is 0.356 e. The van der Waals surface area contributed by atoms with Crippen molar-refractivity contribution in [3.05, 3.63) is 89.5 Å². The van der Waals surface area contributed by atoms with Crippen molar-refractivity contribution in [2.45, 2.75) is 25.9 Å². The van der Waals surface area contributed by atoms with E-state index in [0.717, 1.165) is 41.7 Å². The Morgan fingerprint density at radius 2 is 1.82 bits per heavy atom. The minimum Gasteiger partial charge on any atom is -0.489 e. The van der Waals surface area contributed by atoms with Gasteiger partial charge in [-0.3, -0.25) is 4.98 Å². The number of nitrogens with zero attached hydrogens (tertiary/aromatic N) is 2. The maximum Gasteiger partial charge on any atom is 0.356 e. The third kappa shape index (κ3) is 3.93. The average molecular weight is 372 g/mol. The van der Waals surface area contributed by atoms with Crippen LogP contribution in [0.4, 0.5) is 0 Å². The second-order valence-corrected chi connectivity index (χ2v) is 6.71. The lowest BCUT2D eigenvalue weighted by Gasteiger charge is -2.11. The number of rotatable bonds is 6. The molecule has 28 heavy (non-hydrogen) atoms. The first kappa shape index (κ1) is 17.9. The van der Waals surface area contributed by atoms with E-state index in [-0.39, 0.29) is 5.69 Å². The van der Waals surface area contributed by atoms with E-state index in [9.17, 15) is 9.90 Å². The summed E-state index contributed by atoms with van der Waals surface area (Å²) in [5.41, 5.74) is 5.06. The molecule has 140 valence electrons. The van der Waals surface area contributed by atoms with Gasteiger partial charge in [0.25, 0.3) is 0 Å². The minimum atomic E-state index is -1.06. The highest BCUT2D eigenvalue weighted by atomic mass is 16.5. The lowest BCUT2D eigenvalue weighted by molar-refractivity contribution is 0.0690. The Bertz CT molecular complexity index is 1030. The maximum absolute atomic E-state index is 11.2. The Labute approximate surface area is 163 Å². The van der Waals surface area contributed by atoms with Gasteiger partial charge in [-0.15, -0.1) is 0 Å². The Morgan fingerprint density at radius 3 is 2.64 bits per heavy atom. The van der Waals surface area contributed by atoms with Crippen LogP contribution < -0.4 is 4.74 Å². The molecule has 0 spiro atoms. The predicted octanol–water partition coefficient (Wildman–Crippen LogP) is 4.85. The van der Waals surface area contributed by atoms with E-state index in [0.29, 0.717) is 12.3 Å². The zero-order valence-electron chi connectivity index (χ0n) is 15.3. The first-order chi connectivity index (χ1) is 13.7. The van der Waals surface area contributed by atoms with Crippen LogP contribution in [-0.4, -0.2) is 21.0 Å². The third-order valence-corrected chi connectivity index (χ3v) is 4.81. The molecule has 0 unspecified atom stereocenters. The number of benzene rings is 2. The second kappa shape index (κ2) is 8.05. The summed E-state index contributed by atoms with van der Waals surface area (Å²) in [7, 11) is 0. The van der Waals surface area contributed by atoms with Crippen LogP contribution in [0.15, 0.2) is 67.0 Å². The molecular formula is C23H20N2O3. The molecule has 5 nitrogen and oxygen atoms in total. The van der Waals surface area contributed by atoms with Crippen LogP contribution >= 0.6 is 0 Å². The number of hydrogen-bond acceptors (Lipinski definition) is 4. The summed E-state index contributed by atoms with van der Waals surface area (Å²) in [5.74, 6) is -0.253. The quantitative estimate of drug-likeness (QED) is 0.670. The van der Waals surface area contributed by atoms with Gasteiger partial charge in [0.1, 0.15) is 12.4 Å². The zero-order chi connectivity index (χ0) is 19.3. The summed E-state index contributed by atoms with van der Waals surface area (Å²) in [6.07, 6.45) is 5.72. The van der Waals surface area contributed by atoms with Crippen LogP contribution in [0.25, 0.3) is 11.1 Å². The van der Waals surface area contributed by atoms with Gasteiger partial charge in [0.2, 0.25) is 0 Å². The lowest BCUT2D eigenvalue weighted by atomic mass is 10.00. The normalized spacial score (nSPS) is 13.6. The number of carbonyl (C=O) groups is 1. The molecule has 1 aliphatic carbocycles. The number of hydrogen-bond donors (Lipinski definition) is 1. The SMILES string of the molecule is O=C(O)c1cncc(C2=C(c3cccc(OCc4ccccc4)c3)CCC2)n1. The Kier molecular flexibility index (Phi) is 5.15. The van der Waals surface area contributed by atoms with Crippen LogP contribution in [0.3, 0.4) is 0 Å². The monoisotopic (exact) mass is 372 g/mol. The topological polar surface area (TPSA) is 72.3 Å². The molecule has 0 radical (unpaired) electrons. The molecule has 1 aliphatic rings. The van der Waals surface area contributed by atoms with Crippen molar-refractivity contribution in [1.82, 2.24) is 9.97 Å². The number of carboxylic acids is 1. The molecule has 0 saturated carbocycles. The molecule has 3 aromatic rings. The van der Waals surface area contributed by atoms with Gasteiger partial charge in [-0.05, 0) is 53.7 Å². The molecule has 0 aliphatic heterocycles. The highest BCUT2D eigenvalue weighted by Gasteiger charge is 2.20. The molecule has 0 saturated heterocycles. The van der Waals surface area contributed by atoms with E-state index in [1.54, 1.807) is 6.20 Å². The maximum atomic E-state index is 11.2.